The average Bonchev–Trinajstić information content (AvgIpc) is 2.59. The number of alkyl halides is 9. The third kappa shape index (κ3) is 4.35. The summed E-state index contributed by atoms with van der Waals surface area (Å²) in [6, 6.07) is 4.59. The summed E-state index contributed by atoms with van der Waals surface area (Å²) in [6.45, 7) is 0. The summed E-state index contributed by atoms with van der Waals surface area (Å²) >= 11 is 0. The van der Waals surface area contributed by atoms with E-state index in [0.717, 1.165) is 18.2 Å². The van der Waals surface area contributed by atoms with Crippen LogP contribution in [-0.2, 0) is 18.5 Å². The van der Waals surface area contributed by atoms with E-state index in [1.807, 2.05) is 0 Å². The van der Waals surface area contributed by atoms with Crippen LogP contribution < -0.4 is 5.32 Å². The van der Waals surface area contributed by atoms with Crippen molar-refractivity contribution in [3.05, 3.63) is 59.4 Å². The zero-order chi connectivity index (χ0) is 21.6. The van der Waals surface area contributed by atoms with Crippen LogP contribution in [-0.4, -0.2) is 9.97 Å². The van der Waals surface area contributed by atoms with Gasteiger partial charge in [-0.25, -0.2) is 9.97 Å². The largest absolute Gasteiger partial charge is 0.433 e. The fourth-order valence-electron chi connectivity index (χ4n) is 2.50. The Kier molecular flexibility index (Phi) is 4.83. The molecule has 1 N–H and O–H groups in total. The van der Waals surface area contributed by atoms with Gasteiger partial charge in [0, 0.05) is 11.6 Å². The molecule has 2 aromatic heterocycles. The van der Waals surface area contributed by atoms with Gasteiger partial charge in [-0.3, -0.25) is 0 Å². The normalized spacial score (nSPS) is 13.0. The van der Waals surface area contributed by atoms with Gasteiger partial charge >= 0.3 is 18.5 Å². The Labute approximate surface area is 156 Å². The number of hydrogen-bond donors (Lipinski definition) is 1. The maximum atomic E-state index is 13.2. The fraction of sp³-hybridized carbons (Fsp3) is 0.176. The summed E-state index contributed by atoms with van der Waals surface area (Å²) in [6.07, 6.45) is -14.3. The number of halogens is 9. The van der Waals surface area contributed by atoms with Crippen molar-refractivity contribution in [2.75, 3.05) is 5.32 Å². The molecule has 0 saturated heterocycles. The number of benzene rings is 1. The molecule has 0 saturated carbocycles. The highest BCUT2D eigenvalue weighted by Gasteiger charge is 2.37. The molecule has 2 heterocycles. The van der Waals surface area contributed by atoms with Crippen molar-refractivity contribution < 1.29 is 39.5 Å². The predicted octanol–water partition coefficient (Wildman–Crippen LogP) is 6.43. The molecular weight excluding hydrogens is 417 g/mol. The Morgan fingerprint density at radius 1 is 0.759 bits per heavy atom. The van der Waals surface area contributed by atoms with Crippen LogP contribution in [0, 0.1) is 0 Å². The van der Waals surface area contributed by atoms with E-state index in [2.05, 4.69) is 15.3 Å². The number of nitrogens with one attached hydrogen (secondary N) is 1. The minimum atomic E-state index is -5.06. The molecule has 0 amide bonds. The lowest BCUT2D eigenvalue weighted by molar-refractivity contribution is -0.142. The lowest BCUT2D eigenvalue weighted by Crippen LogP contribution is -2.12. The van der Waals surface area contributed by atoms with E-state index in [0.29, 0.717) is 24.4 Å². The molecule has 1 aromatic carbocycles. The summed E-state index contributed by atoms with van der Waals surface area (Å²) in [7, 11) is 0. The number of nitrogens with zero attached hydrogens (tertiary/aromatic N) is 2. The number of para-hydroxylation sites is 1. The van der Waals surface area contributed by atoms with Crippen molar-refractivity contribution in [1.82, 2.24) is 9.97 Å². The zero-order valence-corrected chi connectivity index (χ0v) is 13.8. The number of aromatic nitrogens is 2. The van der Waals surface area contributed by atoms with Gasteiger partial charge in [-0.05, 0) is 24.3 Å². The first-order valence-electron chi connectivity index (χ1n) is 7.65. The SMILES string of the molecule is FC(F)(F)c1ccc(Nc2cc(C(F)(F)F)nc3c(C(F)(F)F)cccc23)nc1. The maximum Gasteiger partial charge on any atom is 0.433 e. The number of pyridine rings is 2. The van der Waals surface area contributed by atoms with Crippen molar-refractivity contribution >= 4 is 22.4 Å². The Balaban J connectivity index is 2.16. The number of fused-ring (bicyclic) bond motifs is 1. The highest BCUT2D eigenvalue weighted by molar-refractivity contribution is 5.95. The molecule has 0 atom stereocenters. The average molecular weight is 425 g/mol. The summed E-state index contributed by atoms with van der Waals surface area (Å²) in [4.78, 5) is 6.56. The van der Waals surface area contributed by atoms with Crippen molar-refractivity contribution in [2.45, 2.75) is 18.5 Å². The van der Waals surface area contributed by atoms with Crippen LogP contribution in [0.15, 0.2) is 42.6 Å². The Morgan fingerprint density at radius 2 is 1.45 bits per heavy atom. The smallest absolute Gasteiger partial charge is 0.340 e. The number of hydrogen-bond acceptors (Lipinski definition) is 3. The van der Waals surface area contributed by atoms with Gasteiger partial charge in [-0.2, -0.15) is 39.5 Å². The van der Waals surface area contributed by atoms with Crippen LogP contribution in [0.4, 0.5) is 51.0 Å². The van der Waals surface area contributed by atoms with Gasteiger partial charge in [-0.15, -0.1) is 0 Å². The molecule has 3 aromatic rings. The van der Waals surface area contributed by atoms with Gasteiger partial charge in [0.1, 0.15) is 11.5 Å². The zero-order valence-electron chi connectivity index (χ0n) is 13.8. The van der Waals surface area contributed by atoms with Crippen LogP contribution >= 0.6 is 0 Å². The molecule has 0 unspecified atom stereocenters. The fourth-order valence-corrected chi connectivity index (χ4v) is 2.50. The van der Waals surface area contributed by atoms with Crippen molar-refractivity contribution in [3.8, 4) is 0 Å². The number of rotatable bonds is 2. The molecule has 0 bridgehead atoms. The molecule has 0 aliphatic carbocycles. The quantitative estimate of drug-likeness (QED) is 0.481. The molecule has 3 nitrogen and oxygen atoms in total. The standard InChI is InChI=1S/C17H8F9N3/c18-15(19,20)8-4-5-13(27-7-8)28-11-6-12(17(24,25)26)29-14-9(11)2-1-3-10(14)16(21,22)23/h1-7H,(H,27,28,29). The number of anilines is 2. The van der Waals surface area contributed by atoms with Gasteiger partial charge in [-0.1, -0.05) is 12.1 Å². The van der Waals surface area contributed by atoms with E-state index in [1.54, 1.807) is 0 Å². The molecule has 0 aliphatic rings. The Hall–Kier alpha value is -3.05. The molecule has 3 rings (SSSR count). The lowest BCUT2D eigenvalue weighted by atomic mass is 10.1. The highest BCUT2D eigenvalue weighted by atomic mass is 19.4. The van der Waals surface area contributed by atoms with E-state index in [-0.39, 0.29) is 11.2 Å². The van der Waals surface area contributed by atoms with Crippen molar-refractivity contribution in [3.63, 3.8) is 0 Å². The van der Waals surface area contributed by atoms with Crippen molar-refractivity contribution in [1.29, 1.82) is 0 Å². The lowest BCUT2D eigenvalue weighted by Gasteiger charge is -2.16. The molecule has 0 fully saturated rings. The van der Waals surface area contributed by atoms with Gasteiger partial charge in [0.2, 0.25) is 0 Å². The Bertz CT molecular complexity index is 1040. The highest BCUT2D eigenvalue weighted by Crippen LogP contribution is 2.39. The topological polar surface area (TPSA) is 37.8 Å². The summed E-state index contributed by atoms with van der Waals surface area (Å²) in [5.74, 6) is -0.295. The summed E-state index contributed by atoms with van der Waals surface area (Å²) in [5.41, 5.74) is -5.48. The maximum absolute atomic E-state index is 13.2. The first-order chi connectivity index (χ1) is 13.3. The molecule has 29 heavy (non-hydrogen) atoms. The van der Waals surface area contributed by atoms with Crippen LogP contribution in [0.3, 0.4) is 0 Å². The van der Waals surface area contributed by atoms with Crippen LogP contribution in [0.2, 0.25) is 0 Å². The molecule has 12 heteroatoms. The monoisotopic (exact) mass is 425 g/mol. The molecule has 0 spiro atoms. The van der Waals surface area contributed by atoms with E-state index < -0.39 is 46.6 Å². The minimum Gasteiger partial charge on any atom is -0.340 e. The van der Waals surface area contributed by atoms with Gasteiger partial charge < -0.3 is 5.32 Å². The van der Waals surface area contributed by atoms with Gasteiger partial charge in [0.05, 0.1) is 22.3 Å². The second-order valence-corrected chi connectivity index (χ2v) is 5.81. The van der Waals surface area contributed by atoms with E-state index in [4.69, 9.17) is 0 Å². The third-order valence-corrected chi connectivity index (χ3v) is 3.79. The molecular formula is C17H8F9N3. The molecule has 0 radical (unpaired) electrons. The minimum absolute atomic E-state index is 0.295. The van der Waals surface area contributed by atoms with E-state index in [9.17, 15) is 39.5 Å². The van der Waals surface area contributed by atoms with Gasteiger partial charge in [0.15, 0.2) is 0 Å². The van der Waals surface area contributed by atoms with Crippen LogP contribution in [0.25, 0.3) is 10.9 Å². The third-order valence-electron chi connectivity index (χ3n) is 3.79. The second kappa shape index (κ2) is 6.78. The van der Waals surface area contributed by atoms with E-state index >= 15 is 0 Å². The van der Waals surface area contributed by atoms with Crippen LogP contribution in [0.1, 0.15) is 16.8 Å². The predicted molar refractivity (Wildman–Crippen MR) is 84.3 cm³/mol. The van der Waals surface area contributed by atoms with Crippen LogP contribution in [0.5, 0.6) is 0 Å². The summed E-state index contributed by atoms with van der Waals surface area (Å²) in [5, 5.41) is 2.02. The summed E-state index contributed by atoms with van der Waals surface area (Å²) < 4.78 is 117. The first kappa shape index (κ1) is 20.7. The van der Waals surface area contributed by atoms with Gasteiger partial charge in [0.25, 0.3) is 0 Å². The first-order valence-corrected chi connectivity index (χ1v) is 7.65. The second-order valence-electron chi connectivity index (χ2n) is 5.81. The molecule has 154 valence electrons. The Morgan fingerprint density at radius 3 is 1.97 bits per heavy atom. The molecule has 0 aliphatic heterocycles. The van der Waals surface area contributed by atoms with Crippen molar-refractivity contribution in [2.24, 2.45) is 0 Å². The van der Waals surface area contributed by atoms with E-state index in [1.165, 1.54) is 0 Å².